The topological polar surface area (TPSA) is 21.3 Å². The van der Waals surface area contributed by atoms with Gasteiger partial charge in [0.15, 0.2) is 0 Å². The van der Waals surface area contributed by atoms with Crippen molar-refractivity contribution in [1.29, 1.82) is 0 Å². The van der Waals surface area contributed by atoms with Crippen LogP contribution in [0.3, 0.4) is 0 Å². The Morgan fingerprint density at radius 3 is 2.89 bits per heavy atom. The molecule has 0 amide bonds. The highest BCUT2D eigenvalue weighted by Crippen LogP contribution is 2.33. The minimum Gasteiger partial charge on any atom is -0.378 e. The minimum atomic E-state index is 0.361. The summed E-state index contributed by atoms with van der Waals surface area (Å²) >= 11 is 0. The maximum Gasteiger partial charge on any atom is 0.0594 e. The fraction of sp³-hybridized carbons (Fsp3) is 0.625. The third kappa shape index (κ3) is 3.12. The number of ether oxygens (including phenoxy) is 1. The summed E-state index contributed by atoms with van der Waals surface area (Å²) in [7, 11) is 0. The average Bonchev–Trinajstić information content (AvgIpc) is 2.77. The molecule has 1 fully saturated rings. The lowest BCUT2D eigenvalue weighted by molar-refractivity contribution is 0.0953. The highest BCUT2D eigenvalue weighted by atomic mass is 16.5. The van der Waals surface area contributed by atoms with E-state index in [1.165, 1.54) is 17.5 Å². The molecule has 1 aliphatic heterocycles. The van der Waals surface area contributed by atoms with Gasteiger partial charge in [-0.1, -0.05) is 36.8 Å². The second-order valence-electron chi connectivity index (χ2n) is 5.37. The molecule has 3 atom stereocenters. The van der Waals surface area contributed by atoms with Crippen LogP contribution in [0.25, 0.3) is 0 Å². The molecule has 0 radical (unpaired) electrons. The summed E-state index contributed by atoms with van der Waals surface area (Å²) in [4.78, 5) is 0. The van der Waals surface area contributed by atoms with E-state index >= 15 is 0 Å². The standard InChI is InChI=1S/C16H25NO/c1-4-9-17-16(15-8-10-18-13(15)3)14-7-5-6-12(2)11-14/h5-7,11,13,15-17H,4,8-10H2,1-3H3. The molecule has 2 nitrogen and oxygen atoms in total. The summed E-state index contributed by atoms with van der Waals surface area (Å²) in [6, 6.07) is 9.30. The van der Waals surface area contributed by atoms with Crippen LogP contribution in [0.15, 0.2) is 24.3 Å². The van der Waals surface area contributed by atoms with E-state index in [2.05, 4.69) is 50.4 Å². The van der Waals surface area contributed by atoms with Crippen molar-refractivity contribution in [2.45, 2.75) is 45.8 Å². The van der Waals surface area contributed by atoms with E-state index < -0.39 is 0 Å². The van der Waals surface area contributed by atoms with Gasteiger partial charge in [-0.05, 0) is 38.8 Å². The monoisotopic (exact) mass is 247 g/mol. The molecule has 0 aliphatic carbocycles. The van der Waals surface area contributed by atoms with Crippen LogP contribution in [-0.2, 0) is 4.74 Å². The lowest BCUT2D eigenvalue weighted by Crippen LogP contribution is -2.32. The second-order valence-corrected chi connectivity index (χ2v) is 5.37. The van der Waals surface area contributed by atoms with E-state index in [1.54, 1.807) is 0 Å². The van der Waals surface area contributed by atoms with Crippen molar-refractivity contribution in [3.8, 4) is 0 Å². The zero-order valence-electron chi connectivity index (χ0n) is 11.8. The van der Waals surface area contributed by atoms with Gasteiger partial charge in [0.05, 0.1) is 6.10 Å². The number of nitrogens with one attached hydrogen (secondary N) is 1. The molecule has 1 N–H and O–H groups in total. The van der Waals surface area contributed by atoms with Gasteiger partial charge in [-0.15, -0.1) is 0 Å². The summed E-state index contributed by atoms with van der Waals surface area (Å²) in [6.07, 6.45) is 2.70. The zero-order chi connectivity index (χ0) is 13.0. The van der Waals surface area contributed by atoms with Gasteiger partial charge in [-0.25, -0.2) is 0 Å². The molecule has 18 heavy (non-hydrogen) atoms. The van der Waals surface area contributed by atoms with Gasteiger partial charge in [0, 0.05) is 18.6 Å². The molecule has 1 aromatic rings. The quantitative estimate of drug-likeness (QED) is 0.860. The van der Waals surface area contributed by atoms with Crippen LogP contribution in [0.4, 0.5) is 0 Å². The highest BCUT2D eigenvalue weighted by molar-refractivity contribution is 5.26. The first-order chi connectivity index (χ1) is 8.72. The van der Waals surface area contributed by atoms with E-state index in [0.29, 0.717) is 18.1 Å². The largest absolute Gasteiger partial charge is 0.378 e. The Balaban J connectivity index is 2.18. The lowest BCUT2D eigenvalue weighted by atomic mass is 9.87. The van der Waals surface area contributed by atoms with Crippen LogP contribution in [0.2, 0.25) is 0 Å². The smallest absolute Gasteiger partial charge is 0.0594 e. The molecule has 3 unspecified atom stereocenters. The Morgan fingerprint density at radius 1 is 1.44 bits per heavy atom. The Kier molecular flexibility index (Phi) is 4.79. The van der Waals surface area contributed by atoms with E-state index in [1.807, 2.05) is 0 Å². The summed E-state index contributed by atoms with van der Waals surface area (Å²) in [5.74, 6) is 0.596. The van der Waals surface area contributed by atoms with Gasteiger partial charge >= 0.3 is 0 Å². The molecule has 2 rings (SSSR count). The van der Waals surface area contributed by atoms with Crippen LogP contribution < -0.4 is 5.32 Å². The van der Waals surface area contributed by atoms with Crippen LogP contribution >= 0.6 is 0 Å². The van der Waals surface area contributed by atoms with Crippen molar-refractivity contribution in [2.75, 3.05) is 13.2 Å². The summed E-state index contributed by atoms with van der Waals surface area (Å²) < 4.78 is 5.74. The molecular formula is C16H25NO. The SMILES string of the molecule is CCCNC(c1cccc(C)c1)C1CCOC1C. The summed E-state index contributed by atoms with van der Waals surface area (Å²) in [6.45, 7) is 8.56. The summed E-state index contributed by atoms with van der Waals surface area (Å²) in [5.41, 5.74) is 2.74. The third-order valence-electron chi connectivity index (χ3n) is 3.88. The molecule has 1 aromatic carbocycles. The molecule has 1 aliphatic rings. The minimum absolute atomic E-state index is 0.361. The molecule has 100 valence electrons. The van der Waals surface area contributed by atoms with E-state index in [9.17, 15) is 0 Å². The first-order valence-corrected chi connectivity index (χ1v) is 7.14. The normalized spacial score (nSPS) is 25.3. The van der Waals surface area contributed by atoms with Crippen molar-refractivity contribution in [3.05, 3.63) is 35.4 Å². The van der Waals surface area contributed by atoms with Gasteiger partial charge in [0.25, 0.3) is 0 Å². The maximum absolute atomic E-state index is 5.74. The Bertz CT molecular complexity index is 377. The molecule has 0 spiro atoms. The molecule has 0 bridgehead atoms. The van der Waals surface area contributed by atoms with Gasteiger partial charge in [0.1, 0.15) is 0 Å². The van der Waals surface area contributed by atoms with E-state index in [-0.39, 0.29) is 0 Å². The van der Waals surface area contributed by atoms with E-state index in [4.69, 9.17) is 4.74 Å². The second kappa shape index (κ2) is 6.35. The van der Waals surface area contributed by atoms with Gasteiger partial charge in [0.2, 0.25) is 0 Å². The van der Waals surface area contributed by atoms with Gasteiger partial charge < -0.3 is 10.1 Å². The van der Waals surface area contributed by atoms with Gasteiger partial charge in [-0.2, -0.15) is 0 Å². The third-order valence-corrected chi connectivity index (χ3v) is 3.88. The highest BCUT2D eigenvalue weighted by Gasteiger charge is 2.32. The van der Waals surface area contributed by atoms with Crippen molar-refractivity contribution in [1.82, 2.24) is 5.32 Å². The van der Waals surface area contributed by atoms with E-state index in [0.717, 1.165) is 19.6 Å². The predicted molar refractivity (Wildman–Crippen MR) is 75.7 cm³/mol. The Labute approximate surface area is 111 Å². The molecule has 1 saturated heterocycles. The molecule has 0 aromatic heterocycles. The first kappa shape index (κ1) is 13.6. The number of benzene rings is 1. The van der Waals surface area contributed by atoms with Crippen molar-refractivity contribution < 1.29 is 4.74 Å². The predicted octanol–water partition coefficient (Wildman–Crippen LogP) is 3.46. The van der Waals surface area contributed by atoms with Crippen molar-refractivity contribution >= 4 is 0 Å². The lowest BCUT2D eigenvalue weighted by Gasteiger charge is -2.27. The number of hydrogen-bond donors (Lipinski definition) is 1. The number of hydrogen-bond acceptors (Lipinski definition) is 2. The Hall–Kier alpha value is -0.860. The fourth-order valence-corrected chi connectivity index (χ4v) is 2.87. The van der Waals surface area contributed by atoms with Gasteiger partial charge in [-0.3, -0.25) is 0 Å². The van der Waals surface area contributed by atoms with Crippen molar-refractivity contribution in [2.24, 2.45) is 5.92 Å². The molecular weight excluding hydrogens is 222 g/mol. The summed E-state index contributed by atoms with van der Waals surface area (Å²) in [5, 5.41) is 3.71. The average molecular weight is 247 g/mol. The van der Waals surface area contributed by atoms with Crippen LogP contribution in [0.1, 0.15) is 43.9 Å². The zero-order valence-corrected chi connectivity index (χ0v) is 11.8. The fourth-order valence-electron chi connectivity index (χ4n) is 2.87. The molecule has 0 saturated carbocycles. The number of aryl methyl sites for hydroxylation is 1. The van der Waals surface area contributed by atoms with Crippen LogP contribution in [0.5, 0.6) is 0 Å². The first-order valence-electron chi connectivity index (χ1n) is 7.14. The maximum atomic E-state index is 5.74. The number of rotatable bonds is 5. The molecule has 1 heterocycles. The molecule has 2 heteroatoms. The van der Waals surface area contributed by atoms with Crippen LogP contribution in [0, 0.1) is 12.8 Å². The van der Waals surface area contributed by atoms with Crippen LogP contribution in [-0.4, -0.2) is 19.3 Å². The Morgan fingerprint density at radius 2 is 2.28 bits per heavy atom. The van der Waals surface area contributed by atoms with Crippen molar-refractivity contribution in [3.63, 3.8) is 0 Å².